The van der Waals surface area contributed by atoms with Crippen LogP contribution in [-0.2, 0) is 27.8 Å². The number of nitrogens with one attached hydrogen (secondary N) is 2. The molecular formula is C27H27F2N5O4S. The molecule has 3 amide bonds. The van der Waals surface area contributed by atoms with E-state index in [-0.39, 0.29) is 24.3 Å². The average molecular weight is 556 g/mol. The van der Waals surface area contributed by atoms with Gasteiger partial charge in [0.2, 0.25) is 5.91 Å². The van der Waals surface area contributed by atoms with Crippen molar-refractivity contribution in [3.8, 4) is 0 Å². The summed E-state index contributed by atoms with van der Waals surface area (Å²) in [5.74, 6) is -1.53. The van der Waals surface area contributed by atoms with Gasteiger partial charge in [-0.3, -0.25) is 4.79 Å². The normalized spacial score (nSPS) is 15.4. The number of rotatable bonds is 8. The minimum atomic E-state index is -4.35. The van der Waals surface area contributed by atoms with Crippen LogP contribution < -0.4 is 19.2 Å². The van der Waals surface area contributed by atoms with E-state index in [2.05, 4.69) is 10.3 Å². The Morgan fingerprint density at radius 3 is 2.46 bits per heavy atom. The number of pyridine rings is 1. The fraction of sp³-hybridized carbons (Fsp3) is 0.296. The van der Waals surface area contributed by atoms with Gasteiger partial charge in [0.1, 0.15) is 23.5 Å². The molecule has 1 saturated carbocycles. The number of anilines is 2. The van der Waals surface area contributed by atoms with Gasteiger partial charge in [-0.05, 0) is 72.2 Å². The molecule has 2 heterocycles. The lowest BCUT2D eigenvalue weighted by Gasteiger charge is -2.26. The maximum absolute atomic E-state index is 13.9. The molecule has 39 heavy (non-hydrogen) atoms. The highest BCUT2D eigenvalue weighted by Gasteiger charge is 2.33. The second-order valence-electron chi connectivity index (χ2n) is 9.69. The van der Waals surface area contributed by atoms with Gasteiger partial charge in [0.05, 0.1) is 0 Å². The Labute approximate surface area is 225 Å². The number of hydrogen-bond donors (Lipinski definition) is 2. The first kappa shape index (κ1) is 26.5. The molecule has 1 unspecified atom stereocenters. The van der Waals surface area contributed by atoms with E-state index in [1.807, 2.05) is 16.9 Å². The Balaban J connectivity index is 1.35. The number of fused-ring (bicyclic) bond motifs is 1. The molecule has 1 aromatic heterocycles. The van der Waals surface area contributed by atoms with Gasteiger partial charge in [0.15, 0.2) is 0 Å². The van der Waals surface area contributed by atoms with Crippen LogP contribution in [-0.4, -0.2) is 45.0 Å². The van der Waals surface area contributed by atoms with Crippen molar-refractivity contribution in [2.24, 2.45) is 0 Å². The van der Waals surface area contributed by atoms with Gasteiger partial charge in [0.25, 0.3) is 0 Å². The molecule has 2 aromatic carbocycles. The molecule has 0 saturated heterocycles. The Kier molecular flexibility index (Phi) is 7.21. The topological polar surface area (TPSA) is 112 Å². The zero-order valence-electron chi connectivity index (χ0n) is 21.1. The first-order chi connectivity index (χ1) is 18.6. The smallest absolute Gasteiger partial charge is 0.325 e. The quantitative estimate of drug-likeness (QED) is 0.443. The molecule has 204 valence electrons. The molecule has 0 bridgehead atoms. The van der Waals surface area contributed by atoms with Gasteiger partial charge in [-0.15, -0.1) is 0 Å². The largest absolute Gasteiger partial charge is 0.330 e. The molecule has 9 nitrogen and oxygen atoms in total. The van der Waals surface area contributed by atoms with E-state index in [1.54, 1.807) is 24.3 Å². The Hall–Kier alpha value is -4.06. The molecule has 2 N–H and O–H groups in total. The number of benzene rings is 2. The van der Waals surface area contributed by atoms with E-state index < -0.39 is 39.8 Å². The Morgan fingerprint density at radius 2 is 1.79 bits per heavy atom. The second-order valence-corrected chi connectivity index (χ2v) is 11.3. The fourth-order valence-electron chi connectivity index (χ4n) is 4.68. The van der Waals surface area contributed by atoms with Gasteiger partial charge in [-0.25, -0.2) is 27.6 Å². The van der Waals surface area contributed by atoms with Crippen LogP contribution in [0.25, 0.3) is 0 Å². The summed E-state index contributed by atoms with van der Waals surface area (Å²) in [6.07, 6.45) is 3.86. The van der Waals surface area contributed by atoms with E-state index in [9.17, 15) is 26.8 Å². The van der Waals surface area contributed by atoms with Crippen LogP contribution in [0.3, 0.4) is 0 Å². The molecular weight excluding hydrogens is 528 g/mol. The van der Waals surface area contributed by atoms with Gasteiger partial charge in [-0.2, -0.15) is 8.42 Å². The van der Waals surface area contributed by atoms with Crippen molar-refractivity contribution in [3.63, 3.8) is 0 Å². The molecule has 1 atom stereocenters. The average Bonchev–Trinajstić information content (AvgIpc) is 3.64. The number of carbonyl (C=O) groups excluding carboxylic acids is 2. The van der Waals surface area contributed by atoms with Gasteiger partial charge in [0, 0.05) is 38.0 Å². The third-order valence-electron chi connectivity index (χ3n) is 6.83. The SMILES string of the molecule is CN(C(=O)C(Cc1cc(F)cc(F)c1)NC(=O)NS(=O)(=O)N1CCc2cccnc21)c1ccc(C2CC2)cc1. The first-order valence-corrected chi connectivity index (χ1v) is 13.9. The predicted octanol–water partition coefficient (Wildman–Crippen LogP) is 3.42. The number of urea groups is 1. The number of likely N-dealkylation sites (N-methyl/N-ethyl adjacent to an activating group) is 1. The molecule has 2 aliphatic rings. The maximum Gasteiger partial charge on any atom is 0.330 e. The second kappa shape index (κ2) is 10.6. The summed E-state index contributed by atoms with van der Waals surface area (Å²) in [5.41, 5.74) is 2.56. The van der Waals surface area contributed by atoms with Crippen LogP contribution in [0.2, 0.25) is 0 Å². The lowest BCUT2D eigenvalue weighted by atomic mass is 10.0. The number of aromatic nitrogens is 1. The molecule has 1 aliphatic heterocycles. The summed E-state index contributed by atoms with van der Waals surface area (Å²) in [6.45, 7) is 0.0967. The van der Waals surface area contributed by atoms with E-state index >= 15 is 0 Å². The van der Waals surface area contributed by atoms with Crippen molar-refractivity contribution in [2.45, 2.75) is 37.6 Å². The highest BCUT2D eigenvalue weighted by molar-refractivity contribution is 7.91. The molecule has 12 heteroatoms. The first-order valence-electron chi connectivity index (χ1n) is 12.5. The van der Waals surface area contributed by atoms with Crippen molar-refractivity contribution in [2.75, 3.05) is 22.8 Å². The molecule has 0 spiro atoms. The minimum absolute atomic E-state index is 0.0967. The molecule has 5 rings (SSSR count). The van der Waals surface area contributed by atoms with E-state index in [0.717, 1.165) is 34.8 Å². The van der Waals surface area contributed by atoms with Crippen molar-refractivity contribution < 1.29 is 26.8 Å². The Morgan fingerprint density at radius 1 is 1.10 bits per heavy atom. The number of hydrogen-bond acceptors (Lipinski definition) is 5. The van der Waals surface area contributed by atoms with Crippen LogP contribution in [0.4, 0.5) is 25.1 Å². The highest BCUT2D eigenvalue weighted by atomic mass is 32.2. The minimum Gasteiger partial charge on any atom is -0.325 e. The van der Waals surface area contributed by atoms with E-state index in [4.69, 9.17) is 0 Å². The van der Waals surface area contributed by atoms with Crippen LogP contribution in [0.15, 0.2) is 60.8 Å². The summed E-state index contributed by atoms with van der Waals surface area (Å²) in [5, 5.41) is 2.39. The summed E-state index contributed by atoms with van der Waals surface area (Å²) < 4.78 is 56.6. The van der Waals surface area contributed by atoms with E-state index in [1.165, 1.54) is 23.7 Å². The van der Waals surface area contributed by atoms with Gasteiger partial charge in [-0.1, -0.05) is 18.2 Å². The zero-order chi connectivity index (χ0) is 27.7. The van der Waals surface area contributed by atoms with Gasteiger partial charge >= 0.3 is 16.2 Å². The zero-order valence-corrected chi connectivity index (χ0v) is 21.9. The standard InChI is InChI=1S/C27H27F2N5O4S/c1-33(23-8-6-19(7-9-23)18-4-5-18)26(35)24(15-17-13-21(28)16-22(29)14-17)31-27(36)32-39(37,38)34-12-10-20-3-2-11-30-25(20)34/h2-3,6-9,11,13-14,16,18,24H,4-5,10,12,15H2,1H3,(H2,31,32,36). The summed E-state index contributed by atoms with van der Waals surface area (Å²) in [4.78, 5) is 31.8. The number of halogens is 2. The monoisotopic (exact) mass is 555 g/mol. The van der Waals surface area contributed by atoms with Crippen LogP contribution in [0, 0.1) is 11.6 Å². The Bertz CT molecular complexity index is 1490. The summed E-state index contributed by atoms with van der Waals surface area (Å²) in [7, 11) is -2.84. The fourth-order valence-corrected chi connectivity index (χ4v) is 5.81. The van der Waals surface area contributed by atoms with Crippen molar-refractivity contribution in [1.29, 1.82) is 0 Å². The lowest BCUT2D eigenvalue weighted by molar-refractivity contribution is -0.120. The number of nitrogens with zero attached hydrogens (tertiary/aromatic N) is 3. The van der Waals surface area contributed by atoms with Crippen LogP contribution >= 0.6 is 0 Å². The number of amides is 3. The highest BCUT2D eigenvalue weighted by Crippen LogP contribution is 2.40. The molecule has 0 radical (unpaired) electrons. The summed E-state index contributed by atoms with van der Waals surface area (Å²) >= 11 is 0. The maximum atomic E-state index is 13.9. The van der Waals surface area contributed by atoms with Crippen molar-refractivity contribution in [1.82, 2.24) is 15.0 Å². The van der Waals surface area contributed by atoms with E-state index in [0.29, 0.717) is 24.1 Å². The van der Waals surface area contributed by atoms with Crippen LogP contribution in [0.5, 0.6) is 0 Å². The lowest BCUT2D eigenvalue weighted by Crippen LogP contribution is -2.54. The summed E-state index contributed by atoms with van der Waals surface area (Å²) in [6, 6.07) is 11.2. The van der Waals surface area contributed by atoms with Crippen molar-refractivity contribution in [3.05, 3.63) is 89.1 Å². The third kappa shape index (κ3) is 6.00. The molecule has 1 fully saturated rings. The van der Waals surface area contributed by atoms with Gasteiger partial charge < -0.3 is 10.2 Å². The number of carbonyl (C=O) groups is 2. The van der Waals surface area contributed by atoms with Crippen molar-refractivity contribution >= 4 is 33.7 Å². The predicted molar refractivity (Wildman–Crippen MR) is 142 cm³/mol. The molecule has 3 aromatic rings. The van der Waals surface area contributed by atoms with Crippen LogP contribution in [0.1, 0.15) is 35.4 Å². The third-order valence-corrected chi connectivity index (χ3v) is 8.20. The molecule has 1 aliphatic carbocycles.